The van der Waals surface area contributed by atoms with Crippen molar-refractivity contribution < 1.29 is 0 Å². The van der Waals surface area contributed by atoms with Gasteiger partial charge in [-0.05, 0) is 19.8 Å². The summed E-state index contributed by atoms with van der Waals surface area (Å²) in [5.74, 6) is 0. The molecule has 0 fully saturated rings. The second kappa shape index (κ2) is 19.3. The Morgan fingerprint density at radius 1 is 0.448 bits per heavy atom. The maximum Gasteiger partial charge on any atom is 0.0977 e. The summed E-state index contributed by atoms with van der Waals surface area (Å²) in [6, 6.07) is 0. The summed E-state index contributed by atoms with van der Waals surface area (Å²) in [6.45, 7) is 9.42. The van der Waals surface area contributed by atoms with E-state index in [1.807, 2.05) is 0 Å². The average molecular weight is 407 g/mol. The zero-order chi connectivity index (χ0) is 21.0. The van der Waals surface area contributed by atoms with Crippen LogP contribution < -0.4 is 0 Å². The van der Waals surface area contributed by atoms with Crippen LogP contribution in [0.5, 0.6) is 0 Å². The molecule has 0 aromatic carbocycles. The third-order valence-electron chi connectivity index (χ3n) is 6.70. The molecular formula is C27H54N2. The van der Waals surface area contributed by atoms with Crippen molar-refractivity contribution in [3.63, 3.8) is 0 Å². The largest absolute Gasteiger partial charge is 0.356 e. The minimum absolute atomic E-state index is 0.572. The lowest BCUT2D eigenvalue weighted by Crippen LogP contribution is -2.36. The van der Waals surface area contributed by atoms with Crippen LogP contribution in [0.25, 0.3) is 0 Å². The van der Waals surface area contributed by atoms with Gasteiger partial charge in [0.1, 0.15) is 0 Å². The van der Waals surface area contributed by atoms with Gasteiger partial charge < -0.3 is 9.80 Å². The lowest BCUT2D eigenvalue weighted by atomic mass is 10.0. The molecule has 1 aliphatic rings. The molecule has 0 saturated heterocycles. The van der Waals surface area contributed by atoms with Gasteiger partial charge in [-0.3, -0.25) is 0 Å². The van der Waals surface area contributed by atoms with E-state index >= 15 is 0 Å². The predicted molar refractivity (Wildman–Crippen MR) is 131 cm³/mol. The van der Waals surface area contributed by atoms with E-state index in [9.17, 15) is 0 Å². The first-order valence-electron chi connectivity index (χ1n) is 13.5. The van der Waals surface area contributed by atoms with Crippen LogP contribution in [-0.2, 0) is 0 Å². The molecule has 2 heteroatoms. The van der Waals surface area contributed by atoms with Crippen LogP contribution in [0.4, 0.5) is 0 Å². The van der Waals surface area contributed by atoms with E-state index in [4.69, 9.17) is 0 Å². The molecule has 2 nitrogen and oxygen atoms in total. The molecule has 0 aliphatic carbocycles. The maximum absolute atomic E-state index is 2.54. The first-order valence-corrected chi connectivity index (χ1v) is 13.5. The molecule has 0 aromatic rings. The summed E-state index contributed by atoms with van der Waals surface area (Å²) < 4.78 is 0. The summed E-state index contributed by atoms with van der Waals surface area (Å²) in [5, 5.41) is 0. The molecule has 0 bridgehead atoms. The highest BCUT2D eigenvalue weighted by Crippen LogP contribution is 2.18. The van der Waals surface area contributed by atoms with E-state index in [1.54, 1.807) is 0 Å². The van der Waals surface area contributed by atoms with Crippen molar-refractivity contribution in [2.75, 3.05) is 13.1 Å². The van der Waals surface area contributed by atoms with Crippen LogP contribution in [0.1, 0.15) is 143 Å². The normalized spacial score (nSPS) is 16.3. The third-order valence-corrected chi connectivity index (χ3v) is 6.70. The van der Waals surface area contributed by atoms with Crippen molar-refractivity contribution in [1.29, 1.82) is 0 Å². The van der Waals surface area contributed by atoms with Gasteiger partial charge >= 0.3 is 0 Å². The van der Waals surface area contributed by atoms with E-state index in [2.05, 4.69) is 43.0 Å². The summed E-state index contributed by atoms with van der Waals surface area (Å²) in [4.78, 5) is 5.07. The molecule has 1 rings (SSSR count). The van der Waals surface area contributed by atoms with Crippen LogP contribution >= 0.6 is 0 Å². The van der Waals surface area contributed by atoms with Crippen molar-refractivity contribution in [3.05, 3.63) is 12.4 Å². The number of hydrogen-bond donors (Lipinski definition) is 0. The fourth-order valence-corrected chi connectivity index (χ4v) is 4.52. The van der Waals surface area contributed by atoms with Gasteiger partial charge in [-0.15, -0.1) is 0 Å². The van der Waals surface area contributed by atoms with Crippen molar-refractivity contribution in [2.45, 2.75) is 149 Å². The molecule has 0 amide bonds. The molecule has 1 aliphatic heterocycles. The standard InChI is InChI=1S/C27H54N2/c1-4-6-8-10-11-12-13-14-15-16-17-18-19-20-22-24-29-26-25-28(27(29)3)23-21-9-7-5-2/h25-27H,4-24H2,1-3H3. The molecule has 29 heavy (non-hydrogen) atoms. The Hall–Kier alpha value is -0.660. The van der Waals surface area contributed by atoms with E-state index in [0.717, 1.165) is 0 Å². The van der Waals surface area contributed by atoms with E-state index in [-0.39, 0.29) is 0 Å². The van der Waals surface area contributed by atoms with E-state index in [1.165, 1.54) is 135 Å². The topological polar surface area (TPSA) is 6.48 Å². The van der Waals surface area contributed by atoms with Gasteiger partial charge in [-0.1, -0.05) is 123 Å². The number of rotatable bonds is 21. The Kier molecular flexibility index (Phi) is 17.6. The number of hydrogen-bond acceptors (Lipinski definition) is 2. The van der Waals surface area contributed by atoms with Crippen molar-refractivity contribution >= 4 is 0 Å². The number of nitrogens with zero attached hydrogens (tertiary/aromatic N) is 2. The highest BCUT2D eigenvalue weighted by Gasteiger charge is 2.20. The Balaban J connectivity index is 1.83. The smallest absolute Gasteiger partial charge is 0.0977 e. The van der Waals surface area contributed by atoms with Crippen LogP contribution in [0.15, 0.2) is 12.4 Å². The van der Waals surface area contributed by atoms with Crippen LogP contribution in [0, 0.1) is 0 Å². The lowest BCUT2D eigenvalue weighted by molar-refractivity contribution is 0.165. The molecule has 0 spiro atoms. The molecule has 1 atom stereocenters. The molecule has 0 N–H and O–H groups in total. The van der Waals surface area contributed by atoms with Gasteiger partial charge in [0.15, 0.2) is 0 Å². The first kappa shape index (κ1) is 26.4. The van der Waals surface area contributed by atoms with Crippen molar-refractivity contribution in [1.82, 2.24) is 9.80 Å². The monoisotopic (exact) mass is 406 g/mol. The minimum Gasteiger partial charge on any atom is -0.356 e. The van der Waals surface area contributed by atoms with Gasteiger partial charge in [0.05, 0.1) is 6.17 Å². The predicted octanol–water partition coefficient (Wildman–Crippen LogP) is 8.87. The summed E-state index contributed by atoms with van der Waals surface area (Å²) in [6.07, 6.45) is 32.3. The van der Waals surface area contributed by atoms with Gasteiger partial charge in [0, 0.05) is 25.5 Å². The summed E-state index contributed by atoms with van der Waals surface area (Å²) in [5.41, 5.74) is 0. The van der Waals surface area contributed by atoms with Crippen molar-refractivity contribution in [3.8, 4) is 0 Å². The fourth-order valence-electron chi connectivity index (χ4n) is 4.52. The van der Waals surface area contributed by atoms with Gasteiger partial charge in [0.25, 0.3) is 0 Å². The minimum atomic E-state index is 0.572. The Bertz CT molecular complexity index is 366. The molecule has 0 radical (unpaired) electrons. The van der Waals surface area contributed by atoms with E-state index in [0.29, 0.717) is 6.17 Å². The second-order valence-corrected chi connectivity index (χ2v) is 9.42. The highest BCUT2D eigenvalue weighted by molar-refractivity contribution is 4.95. The molecule has 0 aromatic heterocycles. The lowest BCUT2D eigenvalue weighted by Gasteiger charge is -2.29. The van der Waals surface area contributed by atoms with Gasteiger partial charge in [-0.2, -0.15) is 0 Å². The van der Waals surface area contributed by atoms with Crippen LogP contribution in [-0.4, -0.2) is 29.1 Å². The maximum atomic E-state index is 2.54. The molecule has 1 unspecified atom stereocenters. The quantitative estimate of drug-likeness (QED) is 0.176. The van der Waals surface area contributed by atoms with E-state index < -0.39 is 0 Å². The Morgan fingerprint density at radius 2 is 0.724 bits per heavy atom. The zero-order valence-electron chi connectivity index (χ0n) is 20.5. The highest BCUT2D eigenvalue weighted by atomic mass is 15.4. The third kappa shape index (κ3) is 14.1. The fraction of sp³-hybridized carbons (Fsp3) is 0.926. The summed E-state index contributed by atoms with van der Waals surface area (Å²) >= 11 is 0. The average Bonchev–Trinajstić information content (AvgIpc) is 3.08. The van der Waals surface area contributed by atoms with Gasteiger partial charge in [-0.25, -0.2) is 0 Å². The SMILES string of the molecule is CCCCCCCCCCCCCCCCCN1C=CN(CCCCCC)C1C. The summed E-state index contributed by atoms with van der Waals surface area (Å²) in [7, 11) is 0. The molecule has 0 saturated carbocycles. The van der Waals surface area contributed by atoms with Crippen LogP contribution in [0.2, 0.25) is 0 Å². The zero-order valence-corrected chi connectivity index (χ0v) is 20.5. The van der Waals surface area contributed by atoms with Crippen molar-refractivity contribution in [2.24, 2.45) is 0 Å². The molecule has 172 valence electrons. The first-order chi connectivity index (χ1) is 14.3. The van der Waals surface area contributed by atoms with Crippen LogP contribution in [0.3, 0.4) is 0 Å². The van der Waals surface area contributed by atoms with Gasteiger partial charge in [0.2, 0.25) is 0 Å². The second-order valence-electron chi connectivity index (χ2n) is 9.42. The molecule has 1 heterocycles. The Morgan fingerprint density at radius 3 is 1.07 bits per heavy atom. The Labute approximate surface area is 184 Å². The molecular weight excluding hydrogens is 352 g/mol. The number of unbranched alkanes of at least 4 members (excludes halogenated alkanes) is 17.